The first-order chi connectivity index (χ1) is 11.3. The maximum atomic E-state index is 12.2. The van der Waals surface area contributed by atoms with E-state index in [-0.39, 0.29) is 22.5 Å². The summed E-state index contributed by atoms with van der Waals surface area (Å²) in [6, 6.07) is 2.18. The Balaban J connectivity index is 2.69. The van der Waals surface area contributed by atoms with Gasteiger partial charge < -0.3 is 15.7 Å². The number of nitro benzene ring substituents is 1. The molecule has 0 bridgehead atoms. The third-order valence-corrected chi connectivity index (χ3v) is 3.51. The normalized spacial score (nSPS) is 17.3. The maximum Gasteiger partial charge on any atom is 0.335 e. The second-order valence-corrected chi connectivity index (χ2v) is 4.95. The van der Waals surface area contributed by atoms with E-state index in [1.54, 1.807) is 0 Å². The summed E-state index contributed by atoms with van der Waals surface area (Å²) in [5, 5.41) is 25.0. The molecule has 1 aliphatic rings. The van der Waals surface area contributed by atoms with Gasteiger partial charge in [0, 0.05) is 24.9 Å². The van der Waals surface area contributed by atoms with Crippen LogP contribution in [0.5, 0.6) is 0 Å². The van der Waals surface area contributed by atoms with Crippen LogP contribution in [0.4, 0.5) is 15.3 Å². The lowest BCUT2D eigenvalue weighted by Gasteiger charge is -2.35. The number of nitro groups is 1. The summed E-state index contributed by atoms with van der Waals surface area (Å²) in [5.74, 6) is -1.35. The first kappa shape index (κ1) is 16.9. The van der Waals surface area contributed by atoms with Crippen molar-refractivity contribution in [1.82, 2.24) is 15.5 Å². The van der Waals surface area contributed by atoms with Gasteiger partial charge in [0.25, 0.3) is 5.69 Å². The van der Waals surface area contributed by atoms with Gasteiger partial charge in [-0.25, -0.2) is 19.3 Å². The average Bonchev–Trinajstić information content (AvgIpc) is 2.53. The smallest absolute Gasteiger partial charge is 0.335 e. The number of carbonyl (C=O) groups excluding carboxylic acids is 2. The second kappa shape index (κ2) is 6.36. The highest BCUT2D eigenvalue weighted by Gasteiger charge is 2.41. The van der Waals surface area contributed by atoms with Crippen LogP contribution in [0.15, 0.2) is 35.5 Å². The first-order valence-corrected chi connectivity index (χ1v) is 6.78. The van der Waals surface area contributed by atoms with Gasteiger partial charge in [0.05, 0.1) is 10.5 Å². The van der Waals surface area contributed by atoms with Crippen molar-refractivity contribution >= 4 is 23.7 Å². The Labute approximate surface area is 135 Å². The van der Waals surface area contributed by atoms with Gasteiger partial charge in [-0.1, -0.05) is 12.1 Å². The number of carbonyl (C=O) groups is 3. The molecule has 1 unspecified atom stereocenters. The summed E-state index contributed by atoms with van der Waals surface area (Å²) in [5.41, 5.74) is -0.333. The lowest BCUT2D eigenvalue weighted by atomic mass is 9.94. The number of rotatable bonds is 3. The van der Waals surface area contributed by atoms with Crippen LogP contribution in [-0.4, -0.2) is 40.0 Å². The van der Waals surface area contributed by atoms with Crippen molar-refractivity contribution in [3.05, 3.63) is 51.2 Å². The van der Waals surface area contributed by atoms with E-state index in [9.17, 15) is 29.6 Å². The van der Waals surface area contributed by atoms with Crippen molar-refractivity contribution in [3.63, 3.8) is 0 Å². The zero-order valence-electron chi connectivity index (χ0n) is 12.8. The predicted molar refractivity (Wildman–Crippen MR) is 81.0 cm³/mol. The van der Waals surface area contributed by atoms with Crippen LogP contribution in [0.3, 0.4) is 0 Å². The number of aliphatic carboxylic acids is 1. The second-order valence-electron chi connectivity index (χ2n) is 4.95. The molecule has 0 saturated carbocycles. The molecular formula is C14H14N4O6. The van der Waals surface area contributed by atoms with Crippen LogP contribution in [0.25, 0.3) is 0 Å². The number of benzene rings is 1. The highest BCUT2D eigenvalue weighted by atomic mass is 16.6. The number of amides is 4. The summed E-state index contributed by atoms with van der Waals surface area (Å²) < 4.78 is 0. The predicted octanol–water partition coefficient (Wildman–Crippen LogP) is 1.36. The van der Waals surface area contributed by atoms with Gasteiger partial charge in [0.2, 0.25) is 0 Å². The van der Waals surface area contributed by atoms with Crippen molar-refractivity contribution in [3.8, 4) is 0 Å². The summed E-state index contributed by atoms with van der Waals surface area (Å²) in [6.45, 7) is 1.38. The first-order valence-electron chi connectivity index (χ1n) is 6.78. The van der Waals surface area contributed by atoms with Crippen LogP contribution in [-0.2, 0) is 4.79 Å². The number of non-ortho nitro benzene ring substituents is 1. The Bertz CT molecular complexity index is 772. The molecule has 0 saturated heterocycles. The minimum absolute atomic E-state index is 0.0594. The lowest BCUT2D eigenvalue weighted by molar-refractivity contribution is -0.384. The zero-order chi connectivity index (χ0) is 18.0. The number of hydrogen-bond acceptors (Lipinski definition) is 5. The molecule has 126 valence electrons. The lowest BCUT2D eigenvalue weighted by Crippen LogP contribution is -2.53. The Hall–Kier alpha value is -3.43. The molecule has 10 heteroatoms. The van der Waals surface area contributed by atoms with Gasteiger partial charge in [-0.2, -0.15) is 0 Å². The van der Waals surface area contributed by atoms with Crippen LogP contribution in [0.1, 0.15) is 18.5 Å². The van der Waals surface area contributed by atoms with Gasteiger partial charge >= 0.3 is 18.0 Å². The molecule has 1 aromatic rings. The number of allylic oxidation sites excluding steroid dienone is 1. The highest BCUT2D eigenvalue weighted by molar-refractivity contribution is 6.01. The monoisotopic (exact) mass is 334 g/mol. The molecule has 3 N–H and O–H groups in total. The zero-order valence-corrected chi connectivity index (χ0v) is 12.8. The number of nitrogens with zero attached hydrogens (tertiary/aromatic N) is 2. The van der Waals surface area contributed by atoms with E-state index in [2.05, 4.69) is 10.6 Å². The third kappa shape index (κ3) is 2.89. The van der Waals surface area contributed by atoms with E-state index >= 15 is 0 Å². The van der Waals surface area contributed by atoms with Gasteiger partial charge in [-0.3, -0.25) is 10.1 Å². The number of carboxylic acids is 1. The van der Waals surface area contributed by atoms with Gasteiger partial charge in [-0.15, -0.1) is 0 Å². The number of nitrogens with one attached hydrogen (secondary N) is 2. The maximum absolute atomic E-state index is 12.2. The van der Waals surface area contributed by atoms with Crippen molar-refractivity contribution < 1.29 is 24.4 Å². The number of carboxylic acid groups (broad SMARTS) is 1. The SMILES string of the molecule is CNC(=O)N1C(=O)NC(C)=C(C(=O)O)C1c1cccc([N+](=O)[O-])c1. The Morgan fingerprint density at radius 1 is 1.42 bits per heavy atom. The minimum Gasteiger partial charge on any atom is -0.478 e. The van der Waals surface area contributed by atoms with Crippen LogP contribution in [0.2, 0.25) is 0 Å². The molecule has 1 atom stereocenters. The van der Waals surface area contributed by atoms with Crippen LogP contribution < -0.4 is 10.6 Å². The molecule has 0 fully saturated rings. The fraction of sp³-hybridized carbons (Fsp3) is 0.214. The number of hydrogen-bond donors (Lipinski definition) is 3. The molecular weight excluding hydrogens is 320 g/mol. The van der Waals surface area contributed by atoms with Crippen molar-refractivity contribution in [1.29, 1.82) is 0 Å². The van der Waals surface area contributed by atoms with Crippen molar-refractivity contribution in [2.24, 2.45) is 0 Å². The summed E-state index contributed by atoms with van der Waals surface area (Å²) in [7, 11) is 1.28. The summed E-state index contributed by atoms with van der Waals surface area (Å²) >= 11 is 0. The average molecular weight is 334 g/mol. The fourth-order valence-electron chi connectivity index (χ4n) is 2.47. The Morgan fingerprint density at radius 2 is 2.08 bits per heavy atom. The van der Waals surface area contributed by atoms with E-state index in [4.69, 9.17) is 0 Å². The van der Waals surface area contributed by atoms with Crippen LogP contribution in [0, 0.1) is 10.1 Å². The summed E-state index contributed by atoms with van der Waals surface area (Å²) in [6.07, 6.45) is 0. The van der Waals surface area contributed by atoms with E-state index < -0.39 is 29.0 Å². The molecule has 1 heterocycles. The van der Waals surface area contributed by atoms with Gasteiger partial charge in [-0.05, 0) is 12.5 Å². The fourth-order valence-corrected chi connectivity index (χ4v) is 2.47. The molecule has 0 aliphatic carbocycles. The number of imide groups is 1. The molecule has 0 aromatic heterocycles. The van der Waals surface area contributed by atoms with Crippen molar-refractivity contribution in [2.75, 3.05) is 7.05 Å². The molecule has 24 heavy (non-hydrogen) atoms. The molecule has 10 nitrogen and oxygen atoms in total. The van der Waals surface area contributed by atoms with E-state index in [0.717, 1.165) is 6.07 Å². The molecule has 1 aliphatic heterocycles. The standard InChI is InChI=1S/C14H14N4O6/c1-7-10(12(19)20)11(17(13(21)15-2)14(22)16-7)8-4-3-5-9(6-8)18(23)24/h3-6,11H,1-2H3,(H,15,21)(H,16,22)(H,19,20). The van der Waals surface area contributed by atoms with E-state index in [1.165, 1.54) is 32.2 Å². The Morgan fingerprint density at radius 3 is 2.62 bits per heavy atom. The topological polar surface area (TPSA) is 142 Å². The molecule has 0 radical (unpaired) electrons. The molecule has 1 aromatic carbocycles. The van der Waals surface area contributed by atoms with Gasteiger partial charge in [0.15, 0.2) is 0 Å². The van der Waals surface area contributed by atoms with Gasteiger partial charge in [0.1, 0.15) is 6.04 Å². The minimum atomic E-state index is -1.35. The van der Waals surface area contributed by atoms with Crippen molar-refractivity contribution in [2.45, 2.75) is 13.0 Å². The van der Waals surface area contributed by atoms with E-state index in [0.29, 0.717) is 4.90 Å². The third-order valence-electron chi connectivity index (χ3n) is 3.51. The molecule has 4 amide bonds. The van der Waals surface area contributed by atoms with E-state index in [1.807, 2.05) is 0 Å². The highest BCUT2D eigenvalue weighted by Crippen LogP contribution is 2.35. The molecule has 0 spiro atoms. The number of urea groups is 2. The van der Waals surface area contributed by atoms with Crippen LogP contribution >= 0.6 is 0 Å². The molecule has 2 rings (SSSR count). The largest absolute Gasteiger partial charge is 0.478 e. The Kier molecular flexibility index (Phi) is 4.49. The quantitative estimate of drug-likeness (QED) is 0.563. The summed E-state index contributed by atoms with van der Waals surface area (Å²) in [4.78, 5) is 46.8.